The number of hydrogen-bond acceptors (Lipinski definition) is 2. The third-order valence-corrected chi connectivity index (χ3v) is 3.04. The Morgan fingerprint density at radius 2 is 2.08 bits per heavy atom. The van der Waals surface area contributed by atoms with Crippen molar-refractivity contribution < 1.29 is 0 Å². The Kier molecular flexibility index (Phi) is 4.74. The van der Waals surface area contributed by atoms with Crippen LogP contribution in [-0.2, 0) is 0 Å². The first-order valence-electron chi connectivity index (χ1n) is 5.69. The SMILES string of the molecule is CCC(CN(CC)CC1CC1)NC. The molecule has 1 saturated carbocycles. The standard InChI is InChI=1S/C11H24N2/c1-4-11(12-3)9-13(5-2)8-10-6-7-10/h10-12H,4-9H2,1-3H3. The van der Waals surface area contributed by atoms with E-state index in [9.17, 15) is 0 Å². The Bertz CT molecular complexity index is 128. The zero-order valence-electron chi connectivity index (χ0n) is 9.34. The molecule has 1 atom stereocenters. The van der Waals surface area contributed by atoms with Crippen molar-refractivity contribution in [1.82, 2.24) is 10.2 Å². The zero-order valence-corrected chi connectivity index (χ0v) is 9.34. The van der Waals surface area contributed by atoms with Crippen LogP contribution in [0.15, 0.2) is 0 Å². The predicted molar refractivity (Wildman–Crippen MR) is 58.0 cm³/mol. The molecule has 0 saturated heterocycles. The fourth-order valence-corrected chi connectivity index (χ4v) is 1.73. The van der Waals surface area contributed by atoms with Crippen molar-refractivity contribution in [1.29, 1.82) is 0 Å². The first-order chi connectivity index (χ1) is 6.30. The Morgan fingerprint density at radius 3 is 2.46 bits per heavy atom. The van der Waals surface area contributed by atoms with Crippen LogP contribution < -0.4 is 5.32 Å². The molecule has 78 valence electrons. The van der Waals surface area contributed by atoms with Gasteiger partial charge in [-0.15, -0.1) is 0 Å². The number of nitrogens with zero attached hydrogens (tertiary/aromatic N) is 1. The lowest BCUT2D eigenvalue weighted by Gasteiger charge is -2.25. The topological polar surface area (TPSA) is 15.3 Å². The normalized spacial score (nSPS) is 19.4. The van der Waals surface area contributed by atoms with Gasteiger partial charge in [0.05, 0.1) is 0 Å². The lowest BCUT2D eigenvalue weighted by molar-refractivity contribution is 0.245. The molecule has 0 amide bonds. The summed E-state index contributed by atoms with van der Waals surface area (Å²) in [6, 6.07) is 0.679. The molecule has 0 aromatic heterocycles. The number of nitrogens with one attached hydrogen (secondary N) is 1. The lowest BCUT2D eigenvalue weighted by atomic mass is 10.2. The molecule has 13 heavy (non-hydrogen) atoms. The van der Waals surface area contributed by atoms with E-state index in [0.29, 0.717) is 6.04 Å². The molecule has 0 bridgehead atoms. The Balaban J connectivity index is 2.19. The van der Waals surface area contributed by atoms with Crippen LogP contribution in [0.25, 0.3) is 0 Å². The highest BCUT2D eigenvalue weighted by molar-refractivity contribution is 4.78. The molecule has 0 radical (unpaired) electrons. The molecule has 1 fully saturated rings. The van der Waals surface area contributed by atoms with E-state index < -0.39 is 0 Å². The quantitative estimate of drug-likeness (QED) is 0.648. The minimum Gasteiger partial charge on any atom is -0.316 e. The average molecular weight is 184 g/mol. The van der Waals surface area contributed by atoms with Gasteiger partial charge < -0.3 is 10.2 Å². The van der Waals surface area contributed by atoms with Crippen LogP contribution in [0.4, 0.5) is 0 Å². The van der Waals surface area contributed by atoms with Crippen molar-refractivity contribution >= 4 is 0 Å². The summed E-state index contributed by atoms with van der Waals surface area (Å²) >= 11 is 0. The average Bonchev–Trinajstić information content (AvgIpc) is 2.95. The van der Waals surface area contributed by atoms with E-state index in [2.05, 4.69) is 31.1 Å². The molecular formula is C11H24N2. The van der Waals surface area contributed by atoms with E-state index in [1.54, 1.807) is 0 Å². The molecule has 2 heteroatoms. The summed E-state index contributed by atoms with van der Waals surface area (Å²) in [6.45, 7) is 8.28. The first-order valence-corrected chi connectivity index (χ1v) is 5.69. The van der Waals surface area contributed by atoms with Crippen molar-refractivity contribution in [3.05, 3.63) is 0 Å². The maximum atomic E-state index is 3.37. The fraction of sp³-hybridized carbons (Fsp3) is 1.00. The molecule has 1 rings (SSSR count). The molecule has 1 N–H and O–H groups in total. The van der Waals surface area contributed by atoms with E-state index >= 15 is 0 Å². The molecule has 0 spiro atoms. The van der Waals surface area contributed by atoms with Gasteiger partial charge in [-0.25, -0.2) is 0 Å². The smallest absolute Gasteiger partial charge is 0.0189 e. The third kappa shape index (κ3) is 4.10. The van der Waals surface area contributed by atoms with E-state index in [-0.39, 0.29) is 0 Å². The summed E-state index contributed by atoms with van der Waals surface area (Å²) < 4.78 is 0. The molecule has 2 nitrogen and oxygen atoms in total. The van der Waals surface area contributed by atoms with Crippen LogP contribution in [0, 0.1) is 5.92 Å². The first kappa shape index (κ1) is 11.0. The van der Waals surface area contributed by atoms with Crippen molar-refractivity contribution in [3.63, 3.8) is 0 Å². The van der Waals surface area contributed by atoms with Gasteiger partial charge in [-0.3, -0.25) is 0 Å². The zero-order chi connectivity index (χ0) is 9.68. The van der Waals surface area contributed by atoms with E-state index in [0.717, 1.165) is 5.92 Å². The van der Waals surface area contributed by atoms with Gasteiger partial charge in [0.15, 0.2) is 0 Å². The second-order valence-corrected chi connectivity index (χ2v) is 4.19. The molecular weight excluding hydrogens is 160 g/mol. The highest BCUT2D eigenvalue weighted by atomic mass is 15.1. The molecule has 0 aromatic rings. The van der Waals surface area contributed by atoms with Crippen LogP contribution in [0.3, 0.4) is 0 Å². The highest BCUT2D eigenvalue weighted by Gasteiger charge is 2.24. The van der Waals surface area contributed by atoms with Crippen molar-refractivity contribution in [2.45, 2.75) is 39.2 Å². The van der Waals surface area contributed by atoms with Gasteiger partial charge >= 0.3 is 0 Å². The highest BCUT2D eigenvalue weighted by Crippen LogP contribution is 2.29. The number of hydrogen-bond donors (Lipinski definition) is 1. The van der Waals surface area contributed by atoms with Gasteiger partial charge in [-0.05, 0) is 38.8 Å². The fourth-order valence-electron chi connectivity index (χ4n) is 1.73. The van der Waals surface area contributed by atoms with Gasteiger partial charge in [0.25, 0.3) is 0 Å². The second-order valence-electron chi connectivity index (χ2n) is 4.19. The van der Waals surface area contributed by atoms with Gasteiger partial charge in [0.1, 0.15) is 0 Å². The largest absolute Gasteiger partial charge is 0.316 e. The maximum Gasteiger partial charge on any atom is 0.0189 e. The summed E-state index contributed by atoms with van der Waals surface area (Å²) in [5, 5.41) is 3.37. The summed E-state index contributed by atoms with van der Waals surface area (Å²) in [6.07, 6.45) is 4.16. The van der Waals surface area contributed by atoms with E-state index in [4.69, 9.17) is 0 Å². The van der Waals surface area contributed by atoms with Crippen molar-refractivity contribution in [2.24, 2.45) is 5.92 Å². The van der Waals surface area contributed by atoms with E-state index in [1.165, 1.54) is 38.9 Å². The van der Waals surface area contributed by atoms with Gasteiger partial charge in [0, 0.05) is 19.1 Å². The van der Waals surface area contributed by atoms with Gasteiger partial charge in [-0.1, -0.05) is 13.8 Å². The lowest BCUT2D eigenvalue weighted by Crippen LogP contribution is -2.39. The Morgan fingerprint density at radius 1 is 1.38 bits per heavy atom. The molecule has 0 aromatic carbocycles. The van der Waals surface area contributed by atoms with E-state index in [1.807, 2.05) is 0 Å². The summed E-state index contributed by atoms with van der Waals surface area (Å²) in [7, 11) is 2.07. The van der Waals surface area contributed by atoms with Gasteiger partial charge in [0.2, 0.25) is 0 Å². The monoisotopic (exact) mass is 184 g/mol. The molecule has 0 heterocycles. The number of likely N-dealkylation sites (N-methyl/N-ethyl adjacent to an activating group) is 2. The van der Waals surface area contributed by atoms with Crippen LogP contribution in [0.2, 0.25) is 0 Å². The summed E-state index contributed by atoms with van der Waals surface area (Å²) in [4.78, 5) is 2.59. The molecule has 1 unspecified atom stereocenters. The molecule has 1 aliphatic rings. The number of rotatable bonds is 7. The minimum atomic E-state index is 0.679. The summed E-state index contributed by atoms with van der Waals surface area (Å²) in [5.74, 6) is 1.02. The predicted octanol–water partition coefficient (Wildman–Crippen LogP) is 1.72. The van der Waals surface area contributed by atoms with Crippen LogP contribution in [0.1, 0.15) is 33.1 Å². The van der Waals surface area contributed by atoms with Crippen molar-refractivity contribution in [3.8, 4) is 0 Å². The summed E-state index contributed by atoms with van der Waals surface area (Å²) in [5.41, 5.74) is 0. The molecule has 1 aliphatic carbocycles. The third-order valence-electron chi connectivity index (χ3n) is 3.04. The maximum absolute atomic E-state index is 3.37. The van der Waals surface area contributed by atoms with Crippen molar-refractivity contribution in [2.75, 3.05) is 26.7 Å². The minimum absolute atomic E-state index is 0.679. The Hall–Kier alpha value is -0.0800. The van der Waals surface area contributed by atoms with Crippen LogP contribution >= 0.6 is 0 Å². The van der Waals surface area contributed by atoms with Crippen LogP contribution in [-0.4, -0.2) is 37.6 Å². The second kappa shape index (κ2) is 5.61. The molecule has 0 aliphatic heterocycles. The van der Waals surface area contributed by atoms with Crippen LogP contribution in [0.5, 0.6) is 0 Å². The Labute approximate surface area is 82.7 Å². The van der Waals surface area contributed by atoms with Gasteiger partial charge in [-0.2, -0.15) is 0 Å².